The van der Waals surface area contributed by atoms with E-state index in [4.69, 9.17) is 0 Å². The molecule has 0 N–H and O–H groups in total. The number of fused-ring (bicyclic) bond motifs is 1. The van der Waals surface area contributed by atoms with E-state index in [9.17, 15) is 4.79 Å². The maximum Gasteiger partial charge on any atom is 0.219 e. The first-order chi connectivity index (χ1) is 7.57. The van der Waals surface area contributed by atoms with Crippen molar-refractivity contribution in [2.45, 2.75) is 25.7 Å². The molecule has 1 aliphatic carbocycles. The van der Waals surface area contributed by atoms with Crippen molar-refractivity contribution in [2.75, 3.05) is 13.1 Å². The van der Waals surface area contributed by atoms with Crippen molar-refractivity contribution in [1.29, 1.82) is 0 Å². The van der Waals surface area contributed by atoms with E-state index in [2.05, 4.69) is 37.3 Å². The van der Waals surface area contributed by atoms with Gasteiger partial charge < -0.3 is 4.90 Å². The van der Waals surface area contributed by atoms with Gasteiger partial charge in [0.05, 0.1) is 0 Å². The Morgan fingerprint density at radius 3 is 2.50 bits per heavy atom. The minimum atomic E-state index is 0.212. The zero-order valence-electron chi connectivity index (χ0n) is 9.86. The molecule has 1 aromatic carbocycles. The first kappa shape index (κ1) is 9.88. The maximum atomic E-state index is 11.5. The van der Waals surface area contributed by atoms with Crippen LogP contribution in [0, 0.1) is 5.41 Å². The highest BCUT2D eigenvalue weighted by molar-refractivity contribution is 5.74. The summed E-state index contributed by atoms with van der Waals surface area (Å²) < 4.78 is 0. The van der Waals surface area contributed by atoms with Crippen LogP contribution in [0.2, 0.25) is 0 Å². The molecule has 0 spiro atoms. The summed E-state index contributed by atoms with van der Waals surface area (Å²) in [7, 11) is 0. The van der Waals surface area contributed by atoms with Gasteiger partial charge >= 0.3 is 0 Å². The number of hydrogen-bond acceptors (Lipinski definition) is 1. The first-order valence-corrected chi connectivity index (χ1v) is 5.89. The van der Waals surface area contributed by atoms with Gasteiger partial charge in [0.2, 0.25) is 5.91 Å². The van der Waals surface area contributed by atoms with Crippen LogP contribution in [0.15, 0.2) is 30.3 Å². The standard InChI is InChI=1S/C14H17NO/c1-11(16)15-9-13(2)8-14(13,10-15)12-6-4-3-5-7-12/h3-7H,8-10H2,1-2H3. The number of hydrogen-bond donors (Lipinski definition) is 0. The van der Waals surface area contributed by atoms with Crippen LogP contribution in [0.1, 0.15) is 25.8 Å². The lowest BCUT2D eigenvalue weighted by Gasteiger charge is -2.19. The number of benzene rings is 1. The molecule has 2 fully saturated rings. The number of amides is 1. The molecule has 3 rings (SSSR count). The minimum absolute atomic E-state index is 0.212. The van der Waals surface area contributed by atoms with Gasteiger partial charge in [0.15, 0.2) is 0 Å². The third-order valence-electron chi connectivity index (χ3n) is 4.49. The second-order valence-corrected chi connectivity index (χ2v) is 5.56. The van der Waals surface area contributed by atoms with Gasteiger partial charge in [0.25, 0.3) is 0 Å². The molecular formula is C14H17NO. The Morgan fingerprint density at radius 1 is 1.25 bits per heavy atom. The fourth-order valence-corrected chi connectivity index (χ4v) is 3.40. The molecule has 1 aromatic rings. The summed E-state index contributed by atoms with van der Waals surface area (Å²) in [5, 5.41) is 0. The quantitative estimate of drug-likeness (QED) is 0.703. The molecule has 1 saturated heterocycles. The van der Waals surface area contributed by atoms with Crippen molar-refractivity contribution in [3.05, 3.63) is 35.9 Å². The summed E-state index contributed by atoms with van der Waals surface area (Å²) in [6.45, 7) is 5.82. The van der Waals surface area contributed by atoms with Crippen LogP contribution in [0.4, 0.5) is 0 Å². The SMILES string of the molecule is CC(=O)N1CC2(C)CC2(c2ccccc2)C1. The number of carbonyl (C=O) groups excluding carboxylic acids is 1. The van der Waals surface area contributed by atoms with E-state index < -0.39 is 0 Å². The summed E-state index contributed by atoms with van der Waals surface area (Å²) in [4.78, 5) is 13.5. The fraction of sp³-hybridized carbons (Fsp3) is 0.500. The van der Waals surface area contributed by atoms with Crippen molar-refractivity contribution in [3.63, 3.8) is 0 Å². The summed E-state index contributed by atoms with van der Waals surface area (Å²) in [6, 6.07) is 10.7. The Hall–Kier alpha value is -1.31. The minimum Gasteiger partial charge on any atom is -0.341 e. The van der Waals surface area contributed by atoms with Crippen molar-refractivity contribution < 1.29 is 4.79 Å². The Morgan fingerprint density at radius 2 is 1.94 bits per heavy atom. The van der Waals surface area contributed by atoms with Gasteiger partial charge in [-0.2, -0.15) is 0 Å². The van der Waals surface area contributed by atoms with Gasteiger partial charge in [-0.1, -0.05) is 37.3 Å². The van der Waals surface area contributed by atoms with Crippen LogP contribution in [0.3, 0.4) is 0 Å². The number of rotatable bonds is 1. The van der Waals surface area contributed by atoms with Crippen molar-refractivity contribution in [2.24, 2.45) is 5.41 Å². The molecule has 1 saturated carbocycles. The van der Waals surface area contributed by atoms with Gasteiger partial charge in [-0.05, 0) is 17.4 Å². The topological polar surface area (TPSA) is 20.3 Å². The molecule has 2 unspecified atom stereocenters. The molecule has 0 aromatic heterocycles. The predicted molar refractivity (Wildman–Crippen MR) is 63.1 cm³/mol. The Balaban J connectivity index is 1.95. The molecule has 2 atom stereocenters. The summed E-state index contributed by atoms with van der Waals surface area (Å²) in [5.74, 6) is 0.212. The smallest absolute Gasteiger partial charge is 0.219 e. The molecular weight excluding hydrogens is 198 g/mol. The monoisotopic (exact) mass is 215 g/mol. The van der Waals surface area contributed by atoms with E-state index >= 15 is 0 Å². The van der Waals surface area contributed by atoms with Gasteiger partial charge in [-0.15, -0.1) is 0 Å². The van der Waals surface area contributed by atoms with E-state index in [1.54, 1.807) is 6.92 Å². The Kier molecular flexibility index (Phi) is 1.78. The largest absolute Gasteiger partial charge is 0.341 e. The number of likely N-dealkylation sites (tertiary alicyclic amines) is 1. The lowest BCUT2D eigenvalue weighted by Crippen LogP contribution is -2.30. The van der Waals surface area contributed by atoms with E-state index in [0.717, 1.165) is 13.1 Å². The van der Waals surface area contributed by atoms with Crippen LogP contribution in [-0.2, 0) is 10.2 Å². The van der Waals surface area contributed by atoms with E-state index in [-0.39, 0.29) is 11.3 Å². The van der Waals surface area contributed by atoms with Crippen molar-refractivity contribution in [1.82, 2.24) is 4.90 Å². The van der Waals surface area contributed by atoms with Crippen molar-refractivity contribution >= 4 is 5.91 Å². The highest BCUT2D eigenvalue weighted by atomic mass is 16.2. The molecule has 1 aliphatic heterocycles. The molecule has 2 aliphatic rings. The predicted octanol–water partition coefficient (Wildman–Crippen LogP) is 2.20. The van der Waals surface area contributed by atoms with Crippen molar-refractivity contribution in [3.8, 4) is 0 Å². The zero-order chi connectivity index (χ0) is 11.4. The van der Waals surface area contributed by atoms with E-state index in [0.29, 0.717) is 5.41 Å². The average molecular weight is 215 g/mol. The van der Waals surface area contributed by atoms with Crippen LogP contribution >= 0.6 is 0 Å². The lowest BCUT2D eigenvalue weighted by atomic mass is 9.90. The number of nitrogens with zero attached hydrogens (tertiary/aromatic N) is 1. The molecule has 16 heavy (non-hydrogen) atoms. The zero-order valence-corrected chi connectivity index (χ0v) is 9.86. The lowest BCUT2D eigenvalue weighted by molar-refractivity contribution is -0.128. The van der Waals surface area contributed by atoms with Gasteiger partial charge in [-0.3, -0.25) is 4.79 Å². The highest BCUT2D eigenvalue weighted by Crippen LogP contribution is 2.68. The highest BCUT2D eigenvalue weighted by Gasteiger charge is 2.70. The molecule has 1 amide bonds. The molecule has 0 radical (unpaired) electrons. The van der Waals surface area contributed by atoms with E-state index in [1.807, 2.05) is 4.90 Å². The van der Waals surface area contributed by atoms with Crippen LogP contribution in [-0.4, -0.2) is 23.9 Å². The van der Waals surface area contributed by atoms with E-state index in [1.165, 1.54) is 12.0 Å². The maximum absolute atomic E-state index is 11.5. The second kappa shape index (κ2) is 2.88. The summed E-state index contributed by atoms with van der Waals surface area (Å²) in [5.41, 5.74) is 1.97. The number of carbonyl (C=O) groups is 1. The Bertz CT molecular complexity index is 441. The number of piperidine rings is 1. The van der Waals surface area contributed by atoms with Gasteiger partial charge in [-0.25, -0.2) is 0 Å². The van der Waals surface area contributed by atoms with Gasteiger partial charge in [0.1, 0.15) is 0 Å². The second-order valence-electron chi connectivity index (χ2n) is 5.56. The summed E-state index contributed by atoms with van der Waals surface area (Å²) >= 11 is 0. The van der Waals surface area contributed by atoms with Crippen LogP contribution in [0.25, 0.3) is 0 Å². The molecule has 2 nitrogen and oxygen atoms in total. The molecule has 84 valence electrons. The summed E-state index contributed by atoms with van der Waals surface area (Å²) in [6.07, 6.45) is 1.23. The molecule has 0 bridgehead atoms. The first-order valence-electron chi connectivity index (χ1n) is 5.89. The van der Waals surface area contributed by atoms with Crippen LogP contribution < -0.4 is 0 Å². The Labute approximate surface area is 96.3 Å². The fourth-order valence-electron chi connectivity index (χ4n) is 3.40. The third-order valence-corrected chi connectivity index (χ3v) is 4.49. The third kappa shape index (κ3) is 1.10. The average Bonchev–Trinajstić information content (AvgIpc) is 2.74. The van der Waals surface area contributed by atoms with Crippen LogP contribution in [0.5, 0.6) is 0 Å². The molecule has 1 heterocycles. The molecule has 2 heteroatoms. The normalized spacial score (nSPS) is 36.0. The van der Waals surface area contributed by atoms with Gasteiger partial charge in [0, 0.05) is 25.4 Å².